The molecule has 0 aromatic heterocycles. The Morgan fingerprint density at radius 1 is 1.06 bits per heavy atom. The average molecular weight is 219 g/mol. The second-order valence-corrected chi connectivity index (χ2v) is 4.41. The summed E-state index contributed by atoms with van der Waals surface area (Å²) in [5, 5.41) is 0. The lowest BCUT2D eigenvalue weighted by Gasteiger charge is -2.31. The second-order valence-electron chi connectivity index (χ2n) is 4.41. The van der Waals surface area contributed by atoms with Gasteiger partial charge in [0, 0.05) is 19.1 Å². The fraction of sp³-hybridized carbons (Fsp3) is 0.600. The quantitative estimate of drug-likeness (QED) is 0.645. The van der Waals surface area contributed by atoms with E-state index in [1.54, 1.807) is 5.57 Å². The second kappa shape index (κ2) is 6.70. The van der Waals surface area contributed by atoms with Crippen LogP contribution in [0.5, 0.6) is 0 Å². The first-order valence-corrected chi connectivity index (χ1v) is 6.56. The topological polar surface area (TPSA) is 3.24 Å². The van der Waals surface area contributed by atoms with Gasteiger partial charge in [-0.05, 0) is 37.8 Å². The SMILES string of the molecule is CC.CC(C)N1CCC2=C(C=CCC=C2)C1. The van der Waals surface area contributed by atoms with E-state index in [-0.39, 0.29) is 0 Å². The first-order valence-electron chi connectivity index (χ1n) is 6.56. The number of allylic oxidation sites excluding steroid dienone is 3. The highest BCUT2D eigenvalue weighted by Crippen LogP contribution is 2.23. The van der Waals surface area contributed by atoms with Crippen LogP contribution in [-0.2, 0) is 0 Å². The molecule has 1 aliphatic carbocycles. The van der Waals surface area contributed by atoms with E-state index in [0.717, 1.165) is 13.0 Å². The number of hydrogen-bond donors (Lipinski definition) is 0. The molecule has 0 bridgehead atoms. The molecule has 16 heavy (non-hydrogen) atoms. The summed E-state index contributed by atoms with van der Waals surface area (Å²) < 4.78 is 0. The van der Waals surface area contributed by atoms with Crippen molar-refractivity contribution in [2.75, 3.05) is 13.1 Å². The molecule has 0 saturated heterocycles. The molecule has 0 aromatic rings. The van der Waals surface area contributed by atoms with Gasteiger partial charge < -0.3 is 0 Å². The van der Waals surface area contributed by atoms with E-state index in [1.807, 2.05) is 13.8 Å². The molecule has 0 fully saturated rings. The minimum atomic E-state index is 0.671. The molecule has 1 nitrogen and oxygen atoms in total. The van der Waals surface area contributed by atoms with E-state index >= 15 is 0 Å². The van der Waals surface area contributed by atoms with Gasteiger partial charge in [0.05, 0.1) is 0 Å². The Bertz CT molecular complexity index is 295. The van der Waals surface area contributed by atoms with Crippen LogP contribution in [0, 0.1) is 0 Å². The molecule has 1 aliphatic heterocycles. The molecule has 0 spiro atoms. The van der Waals surface area contributed by atoms with Gasteiger partial charge in [0.15, 0.2) is 0 Å². The van der Waals surface area contributed by atoms with Gasteiger partial charge in [-0.2, -0.15) is 0 Å². The molecular weight excluding hydrogens is 194 g/mol. The van der Waals surface area contributed by atoms with E-state index in [2.05, 4.69) is 43.1 Å². The summed E-state index contributed by atoms with van der Waals surface area (Å²) in [5.74, 6) is 0. The summed E-state index contributed by atoms with van der Waals surface area (Å²) in [6, 6.07) is 0.671. The van der Waals surface area contributed by atoms with Crippen LogP contribution in [-0.4, -0.2) is 24.0 Å². The Morgan fingerprint density at radius 3 is 2.31 bits per heavy atom. The van der Waals surface area contributed by atoms with Crippen LogP contribution in [0.4, 0.5) is 0 Å². The fourth-order valence-electron chi connectivity index (χ4n) is 2.11. The molecule has 2 rings (SSSR count). The zero-order valence-electron chi connectivity index (χ0n) is 11.2. The van der Waals surface area contributed by atoms with Gasteiger partial charge in [-0.25, -0.2) is 0 Å². The molecule has 0 saturated carbocycles. The first-order chi connectivity index (χ1) is 7.77. The first kappa shape index (κ1) is 13.2. The third kappa shape index (κ3) is 3.34. The van der Waals surface area contributed by atoms with Crippen molar-refractivity contribution in [3.05, 3.63) is 35.5 Å². The maximum absolute atomic E-state index is 2.54. The lowest BCUT2D eigenvalue weighted by atomic mass is 9.99. The standard InChI is InChI=1S/C13H19N.C2H6/c1-11(2)14-9-8-12-6-4-3-5-7-13(12)10-14;1-2/h4-7,11H,3,8-10H2,1-2H3;1-2H3. The highest BCUT2D eigenvalue weighted by molar-refractivity contribution is 5.38. The normalized spacial score (nSPS) is 20.3. The van der Waals surface area contributed by atoms with Crippen LogP contribution in [0.25, 0.3) is 0 Å². The maximum atomic E-state index is 2.54. The summed E-state index contributed by atoms with van der Waals surface area (Å²) in [5.41, 5.74) is 3.08. The lowest BCUT2D eigenvalue weighted by Crippen LogP contribution is -2.36. The minimum Gasteiger partial charge on any atom is -0.296 e. The highest BCUT2D eigenvalue weighted by atomic mass is 15.1. The molecule has 0 amide bonds. The van der Waals surface area contributed by atoms with Gasteiger partial charge in [-0.3, -0.25) is 4.90 Å². The zero-order chi connectivity index (χ0) is 12.0. The molecule has 1 heterocycles. The third-order valence-corrected chi connectivity index (χ3v) is 3.09. The van der Waals surface area contributed by atoms with E-state index in [0.29, 0.717) is 6.04 Å². The van der Waals surface area contributed by atoms with Crippen molar-refractivity contribution < 1.29 is 0 Å². The van der Waals surface area contributed by atoms with Crippen LogP contribution in [0.2, 0.25) is 0 Å². The van der Waals surface area contributed by atoms with Gasteiger partial charge in [0.1, 0.15) is 0 Å². The summed E-state index contributed by atoms with van der Waals surface area (Å²) >= 11 is 0. The predicted molar refractivity (Wildman–Crippen MR) is 72.6 cm³/mol. The van der Waals surface area contributed by atoms with Crippen molar-refractivity contribution in [2.24, 2.45) is 0 Å². The smallest absolute Gasteiger partial charge is 0.0239 e. The highest BCUT2D eigenvalue weighted by Gasteiger charge is 2.18. The van der Waals surface area contributed by atoms with Gasteiger partial charge in [0.2, 0.25) is 0 Å². The van der Waals surface area contributed by atoms with E-state index < -0.39 is 0 Å². The lowest BCUT2D eigenvalue weighted by molar-refractivity contribution is 0.235. The molecule has 0 aromatic carbocycles. The van der Waals surface area contributed by atoms with E-state index in [4.69, 9.17) is 0 Å². The van der Waals surface area contributed by atoms with Crippen molar-refractivity contribution in [3.63, 3.8) is 0 Å². The van der Waals surface area contributed by atoms with Gasteiger partial charge in [-0.1, -0.05) is 38.2 Å². The van der Waals surface area contributed by atoms with Crippen molar-refractivity contribution >= 4 is 0 Å². The van der Waals surface area contributed by atoms with Crippen LogP contribution >= 0.6 is 0 Å². The van der Waals surface area contributed by atoms with Gasteiger partial charge in [0.25, 0.3) is 0 Å². The fourth-order valence-corrected chi connectivity index (χ4v) is 2.11. The predicted octanol–water partition coefficient (Wildman–Crippen LogP) is 3.94. The molecule has 0 N–H and O–H groups in total. The average Bonchev–Trinajstić information content (AvgIpc) is 2.55. The van der Waals surface area contributed by atoms with Crippen LogP contribution < -0.4 is 0 Å². The summed E-state index contributed by atoms with van der Waals surface area (Å²) in [6.07, 6.45) is 11.5. The van der Waals surface area contributed by atoms with Crippen molar-refractivity contribution in [2.45, 2.75) is 46.6 Å². The Hall–Kier alpha value is -0.820. The Balaban J connectivity index is 0.000000606. The molecule has 2 aliphatic rings. The summed E-state index contributed by atoms with van der Waals surface area (Å²) in [6.45, 7) is 10.9. The Kier molecular flexibility index (Phi) is 5.54. The van der Waals surface area contributed by atoms with Crippen LogP contribution in [0.3, 0.4) is 0 Å². The molecule has 0 radical (unpaired) electrons. The Morgan fingerprint density at radius 2 is 1.69 bits per heavy atom. The largest absolute Gasteiger partial charge is 0.296 e. The monoisotopic (exact) mass is 219 g/mol. The number of rotatable bonds is 1. The van der Waals surface area contributed by atoms with E-state index in [9.17, 15) is 0 Å². The van der Waals surface area contributed by atoms with Crippen LogP contribution in [0.15, 0.2) is 35.5 Å². The zero-order valence-corrected chi connectivity index (χ0v) is 11.2. The minimum absolute atomic E-state index is 0.671. The Labute approximate surface area is 101 Å². The summed E-state index contributed by atoms with van der Waals surface area (Å²) in [4.78, 5) is 2.54. The number of hydrogen-bond acceptors (Lipinski definition) is 1. The maximum Gasteiger partial charge on any atom is 0.0239 e. The number of nitrogens with zero attached hydrogens (tertiary/aromatic N) is 1. The molecule has 0 unspecified atom stereocenters. The van der Waals surface area contributed by atoms with Crippen LogP contribution in [0.1, 0.15) is 40.5 Å². The van der Waals surface area contributed by atoms with Gasteiger partial charge in [-0.15, -0.1) is 0 Å². The molecule has 0 atom stereocenters. The third-order valence-electron chi connectivity index (χ3n) is 3.09. The van der Waals surface area contributed by atoms with Crippen molar-refractivity contribution in [3.8, 4) is 0 Å². The van der Waals surface area contributed by atoms with Gasteiger partial charge >= 0.3 is 0 Å². The summed E-state index contributed by atoms with van der Waals surface area (Å²) in [7, 11) is 0. The molecule has 90 valence electrons. The molecular formula is C15H25N. The molecule has 1 heteroatoms. The van der Waals surface area contributed by atoms with Crippen molar-refractivity contribution in [1.29, 1.82) is 0 Å². The van der Waals surface area contributed by atoms with Crippen molar-refractivity contribution in [1.82, 2.24) is 4.90 Å². The van der Waals surface area contributed by atoms with E-state index in [1.165, 1.54) is 18.5 Å².